The van der Waals surface area contributed by atoms with Gasteiger partial charge in [-0.15, -0.1) is 0 Å². The Morgan fingerprint density at radius 1 is 1.22 bits per heavy atom. The van der Waals surface area contributed by atoms with Crippen LogP contribution in [0.15, 0.2) is 0 Å². The van der Waals surface area contributed by atoms with E-state index in [1.54, 1.807) is 20.1 Å². The molecule has 0 aromatic heterocycles. The second-order valence-electron chi connectivity index (χ2n) is 4.18. The van der Waals surface area contributed by atoms with Gasteiger partial charge in [-0.3, -0.25) is 9.00 Å². The second-order valence-corrected chi connectivity index (χ2v) is 5.73. The third kappa shape index (κ3) is 5.48. The molecule has 2 amide bonds. The number of carbonyl (C=O) groups is 2. The molecule has 1 unspecified atom stereocenters. The maximum absolute atomic E-state index is 11.4. The zero-order valence-electron chi connectivity index (χ0n) is 11.1. The van der Waals surface area contributed by atoms with Crippen LogP contribution in [0.25, 0.3) is 0 Å². The molecule has 0 aliphatic rings. The Morgan fingerprint density at radius 3 is 2.17 bits per heavy atom. The number of rotatable bonds is 8. The highest BCUT2D eigenvalue weighted by Gasteiger charge is 2.35. The molecule has 0 radical (unpaired) electrons. The quantitative estimate of drug-likeness (QED) is 0.604. The van der Waals surface area contributed by atoms with Crippen LogP contribution in [0.5, 0.6) is 0 Å². The van der Waals surface area contributed by atoms with Gasteiger partial charge >= 0.3 is 12.0 Å². The van der Waals surface area contributed by atoms with Gasteiger partial charge in [0, 0.05) is 35.9 Å². The van der Waals surface area contributed by atoms with Gasteiger partial charge in [-0.1, -0.05) is 13.8 Å². The summed E-state index contributed by atoms with van der Waals surface area (Å²) in [6.45, 7) is 3.98. The summed E-state index contributed by atoms with van der Waals surface area (Å²) in [5.41, 5.74) is -0.912. The van der Waals surface area contributed by atoms with E-state index in [-0.39, 0.29) is 6.54 Å². The van der Waals surface area contributed by atoms with Crippen molar-refractivity contribution in [3.8, 4) is 0 Å². The standard InChI is InChI=1S/C11H22N2O4S/c1-4-11(5-2,9(14)15)8-13-10(16)12-6-7-18(3)17/h4-8H2,1-3H3,(H,14,15)(H2,12,13,16). The lowest BCUT2D eigenvalue weighted by Gasteiger charge is -2.26. The predicted molar refractivity (Wildman–Crippen MR) is 71.0 cm³/mol. The van der Waals surface area contributed by atoms with Gasteiger partial charge in [-0.05, 0) is 12.8 Å². The molecule has 106 valence electrons. The molecular formula is C11H22N2O4S. The second kappa shape index (κ2) is 8.07. The van der Waals surface area contributed by atoms with Crippen LogP contribution >= 0.6 is 0 Å². The Morgan fingerprint density at radius 2 is 1.78 bits per heavy atom. The van der Waals surface area contributed by atoms with Crippen LogP contribution in [0, 0.1) is 5.41 Å². The Bertz CT molecular complexity index is 316. The fourth-order valence-electron chi connectivity index (χ4n) is 1.50. The van der Waals surface area contributed by atoms with Crippen LogP contribution in [0.1, 0.15) is 26.7 Å². The summed E-state index contributed by atoms with van der Waals surface area (Å²) in [4.78, 5) is 22.6. The topological polar surface area (TPSA) is 95.5 Å². The van der Waals surface area contributed by atoms with Crippen molar-refractivity contribution < 1.29 is 18.9 Å². The minimum atomic E-state index is -0.950. The van der Waals surface area contributed by atoms with E-state index in [0.29, 0.717) is 25.1 Å². The van der Waals surface area contributed by atoms with E-state index in [1.165, 1.54) is 0 Å². The number of hydrogen-bond acceptors (Lipinski definition) is 3. The average Bonchev–Trinajstić information content (AvgIpc) is 2.30. The van der Waals surface area contributed by atoms with Gasteiger partial charge in [0.25, 0.3) is 0 Å². The molecule has 0 aliphatic heterocycles. The van der Waals surface area contributed by atoms with Gasteiger partial charge in [-0.2, -0.15) is 0 Å². The van der Waals surface area contributed by atoms with Crippen LogP contribution in [-0.2, 0) is 15.6 Å². The van der Waals surface area contributed by atoms with Crippen LogP contribution in [0.4, 0.5) is 4.79 Å². The van der Waals surface area contributed by atoms with Crippen LogP contribution in [0.2, 0.25) is 0 Å². The Labute approximate surface area is 110 Å². The summed E-state index contributed by atoms with van der Waals surface area (Å²) in [5, 5.41) is 14.3. The molecule has 0 saturated heterocycles. The van der Waals surface area contributed by atoms with Crippen molar-refractivity contribution in [2.24, 2.45) is 5.41 Å². The van der Waals surface area contributed by atoms with Gasteiger partial charge in [0.1, 0.15) is 0 Å². The summed E-state index contributed by atoms with van der Waals surface area (Å²) in [6, 6.07) is -0.423. The van der Waals surface area contributed by atoms with Crippen molar-refractivity contribution in [3.05, 3.63) is 0 Å². The van der Waals surface area contributed by atoms with E-state index in [4.69, 9.17) is 0 Å². The first kappa shape index (κ1) is 16.9. The molecule has 6 nitrogen and oxygen atoms in total. The molecule has 3 N–H and O–H groups in total. The van der Waals surface area contributed by atoms with Crippen molar-refractivity contribution in [2.75, 3.05) is 25.1 Å². The third-order valence-electron chi connectivity index (χ3n) is 3.07. The molecule has 0 saturated carbocycles. The summed E-state index contributed by atoms with van der Waals surface area (Å²) in [7, 11) is -0.950. The normalized spacial score (nSPS) is 12.8. The first-order chi connectivity index (χ1) is 8.38. The SMILES string of the molecule is CCC(CC)(CNC(=O)NCCS(C)=O)C(=O)O. The number of carboxylic acids is 1. The van der Waals surface area contributed by atoms with Gasteiger partial charge in [-0.25, -0.2) is 4.79 Å². The highest BCUT2D eigenvalue weighted by molar-refractivity contribution is 7.84. The molecule has 0 bridgehead atoms. The lowest BCUT2D eigenvalue weighted by Crippen LogP contribution is -2.46. The van der Waals surface area contributed by atoms with Gasteiger partial charge in [0.2, 0.25) is 0 Å². The van der Waals surface area contributed by atoms with Crippen LogP contribution < -0.4 is 10.6 Å². The number of aliphatic carboxylic acids is 1. The average molecular weight is 278 g/mol. The zero-order valence-corrected chi connectivity index (χ0v) is 11.9. The third-order valence-corrected chi connectivity index (χ3v) is 3.85. The fourth-order valence-corrected chi connectivity index (χ4v) is 1.89. The number of amides is 2. The van der Waals surface area contributed by atoms with Gasteiger partial charge in [0.05, 0.1) is 5.41 Å². The Kier molecular flexibility index (Phi) is 7.58. The van der Waals surface area contributed by atoms with E-state index in [0.717, 1.165) is 0 Å². The lowest BCUT2D eigenvalue weighted by atomic mass is 9.82. The molecule has 18 heavy (non-hydrogen) atoms. The summed E-state index contributed by atoms with van der Waals surface area (Å²) in [6.07, 6.45) is 2.47. The number of urea groups is 1. The molecule has 0 spiro atoms. The van der Waals surface area contributed by atoms with E-state index in [9.17, 15) is 18.9 Å². The van der Waals surface area contributed by atoms with Crippen molar-refractivity contribution in [1.82, 2.24) is 10.6 Å². The minimum Gasteiger partial charge on any atom is -0.481 e. The van der Waals surface area contributed by atoms with Crippen LogP contribution in [-0.4, -0.2) is 46.4 Å². The predicted octanol–water partition coefficient (Wildman–Crippen LogP) is 0.555. The number of carboxylic acid groups (broad SMARTS) is 1. The number of carbonyl (C=O) groups excluding carboxylic acids is 1. The number of nitrogens with one attached hydrogen (secondary N) is 2. The lowest BCUT2D eigenvalue weighted by molar-refractivity contribution is -0.149. The molecule has 0 aromatic rings. The molecule has 0 rings (SSSR count). The van der Waals surface area contributed by atoms with E-state index >= 15 is 0 Å². The highest BCUT2D eigenvalue weighted by Crippen LogP contribution is 2.25. The van der Waals surface area contributed by atoms with E-state index in [2.05, 4.69) is 10.6 Å². The first-order valence-electron chi connectivity index (χ1n) is 5.93. The van der Waals surface area contributed by atoms with E-state index in [1.807, 2.05) is 0 Å². The van der Waals surface area contributed by atoms with Crippen LogP contribution in [0.3, 0.4) is 0 Å². The summed E-state index contributed by atoms with van der Waals surface area (Å²) < 4.78 is 10.8. The molecule has 0 aromatic carbocycles. The largest absolute Gasteiger partial charge is 0.481 e. The van der Waals surface area contributed by atoms with Crippen molar-refractivity contribution in [1.29, 1.82) is 0 Å². The molecule has 7 heteroatoms. The molecular weight excluding hydrogens is 256 g/mol. The van der Waals surface area contributed by atoms with E-state index < -0.39 is 28.2 Å². The van der Waals surface area contributed by atoms with Crippen molar-refractivity contribution in [2.45, 2.75) is 26.7 Å². The highest BCUT2D eigenvalue weighted by atomic mass is 32.2. The first-order valence-corrected chi connectivity index (χ1v) is 7.65. The summed E-state index contributed by atoms with van der Waals surface area (Å²) in [5.74, 6) is -0.513. The zero-order chi connectivity index (χ0) is 14.2. The molecule has 0 heterocycles. The monoisotopic (exact) mass is 278 g/mol. The molecule has 0 fully saturated rings. The van der Waals surface area contributed by atoms with Crippen molar-refractivity contribution in [3.63, 3.8) is 0 Å². The maximum atomic E-state index is 11.4. The molecule has 1 atom stereocenters. The van der Waals surface area contributed by atoms with Gasteiger partial charge < -0.3 is 15.7 Å². The van der Waals surface area contributed by atoms with Gasteiger partial charge in [0.15, 0.2) is 0 Å². The Hall–Kier alpha value is -1.11. The maximum Gasteiger partial charge on any atom is 0.314 e. The fraction of sp³-hybridized carbons (Fsp3) is 0.818. The number of hydrogen-bond donors (Lipinski definition) is 3. The summed E-state index contributed by atoms with van der Waals surface area (Å²) >= 11 is 0. The smallest absolute Gasteiger partial charge is 0.314 e. The minimum absolute atomic E-state index is 0.0936. The Balaban J connectivity index is 4.16. The molecule has 0 aliphatic carbocycles. The van der Waals surface area contributed by atoms with Crippen molar-refractivity contribution >= 4 is 22.8 Å².